The summed E-state index contributed by atoms with van der Waals surface area (Å²) >= 11 is 0. The van der Waals surface area contributed by atoms with Crippen molar-refractivity contribution in [2.75, 3.05) is 17.2 Å². The Kier molecular flexibility index (Phi) is 5.22. The maximum atomic E-state index is 3.61. The van der Waals surface area contributed by atoms with Gasteiger partial charge in [0, 0.05) is 23.6 Å². The van der Waals surface area contributed by atoms with Crippen molar-refractivity contribution >= 4 is 17.1 Å². The summed E-state index contributed by atoms with van der Waals surface area (Å²) in [5.41, 5.74) is 3.47. The summed E-state index contributed by atoms with van der Waals surface area (Å²) in [6.07, 6.45) is 4.11. The van der Waals surface area contributed by atoms with Gasteiger partial charge in [-0.25, -0.2) is 0 Å². The Morgan fingerprint density at radius 3 is 2.13 bits per heavy atom. The number of hydrogen-bond acceptors (Lipinski definition) is 2. The van der Waals surface area contributed by atoms with Gasteiger partial charge in [0.05, 0.1) is 0 Å². The van der Waals surface area contributed by atoms with Crippen molar-refractivity contribution in [1.29, 1.82) is 0 Å². The molecule has 2 aromatic carbocycles. The highest BCUT2D eigenvalue weighted by molar-refractivity contribution is 5.62. The highest BCUT2D eigenvalue weighted by Crippen LogP contribution is 2.33. The van der Waals surface area contributed by atoms with Crippen LogP contribution in [-0.2, 0) is 0 Å². The van der Waals surface area contributed by atoms with Crippen molar-refractivity contribution in [2.24, 2.45) is 17.8 Å². The highest BCUT2D eigenvalue weighted by Gasteiger charge is 2.24. The number of rotatable bonds is 5. The number of anilines is 3. The Morgan fingerprint density at radius 1 is 0.783 bits per heavy atom. The third-order valence-corrected chi connectivity index (χ3v) is 5.25. The molecule has 2 heteroatoms. The summed E-state index contributed by atoms with van der Waals surface area (Å²) in [6.45, 7) is 5.90. The van der Waals surface area contributed by atoms with Gasteiger partial charge in [-0.05, 0) is 67.0 Å². The molecule has 0 saturated heterocycles. The van der Waals surface area contributed by atoms with Crippen LogP contribution in [0.1, 0.15) is 33.1 Å². The van der Waals surface area contributed by atoms with E-state index in [1.807, 2.05) is 18.2 Å². The minimum atomic E-state index is 0.823. The fourth-order valence-corrected chi connectivity index (χ4v) is 3.47. The van der Waals surface area contributed by atoms with Crippen LogP contribution >= 0.6 is 0 Å². The predicted octanol–water partition coefficient (Wildman–Crippen LogP) is 5.91. The lowest BCUT2D eigenvalue weighted by Crippen LogP contribution is -2.25. The summed E-state index contributed by atoms with van der Waals surface area (Å²) in [7, 11) is 0. The first kappa shape index (κ1) is 15.9. The smallest absolute Gasteiger partial charge is 0.0385 e. The number of nitrogens with one attached hydrogen (secondary N) is 2. The van der Waals surface area contributed by atoms with Crippen molar-refractivity contribution in [3.8, 4) is 0 Å². The molecular formula is C21H28N2. The summed E-state index contributed by atoms with van der Waals surface area (Å²) < 4.78 is 0. The molecule has 2 nitrogen and oxygen atoms in total. The van der Waals surface area contributed by atoms with E-state index in [0.717, 1.165) is 35.7 Å². The van der Waals surface area contributed by atoms with Gasteiger partial charge < -0.3 is 10.6 Å². The second kappa shape index (κ2) is 7.54. The highest BCUT2D eigenvalue weighted by atomic mass is 14.9. The molecule has 0 radical (unpaired) electrons. The van der Waals surface area contributed by atoms with Gasteiger partial charge in [-0.1, -0.05) is 38.5 Å². The molecule has 23 heavy (non-hydrogen) atoms. The third kappa shape index (κ3) is 4.51. The van der Waals surface area contributed by atoms with Crippen LogP contribution in [0.15, 0.2) is 54.6 Å². The third-order valence-electron chi connectivity index (χ3n) is 5.25. The van der Waals surface area contributed by atoms with Crippen LogP contribution < -0.4 is 10.6 Å². The monoisotopic (exact) mass is 308 g/mol. The molecule has 0 heterocycles. The zero-order valence-electron chi connectivity index (χ0n) is 14.3. The molecule has 0 amide bonds. The zero-order valence-corrected chi connectivity index (χ0v) is 14.3. The Bertz CT molecular complexity index is 591. The van der Waals surface area contributed by atoms with Gasteiger partial charge in [0.25, 0.3) is 0 Å². The molecule has 1 saturated carbocycles. The van der Waals surface area contributed by atoms with Crippen molar-refractivity contribution in [3.05, 3.63) is 54.6 Å². The second-order valence-electron chi connectivity index (χ2n) is 7.08. The van der Waals surface area contributed by atoms with Crippen molar-refractivity contribution in [2.45, 2.75) is 33.1 Å². The molecule has 1 aliphatic rings. The summed E-state index contributed by atoms with van der Waals surface area (Å²) in [5.74, 6) is 2.59. The van der Waals surface area contributed by atoms with E-state index in [1.165, 1.54) is 24.9 Å². The second-order valence-corrected chi connectivity index (χ2v) is 7.08. The van der Waals surface area contributed by atoms with Crippen molar-refractivity contribution in [3.63, 3.8) is 0 Å². The minimum Gasteiger partial charge on any atom is -0.385 e. The molecular weight excluding hydrogens is 280 g/mol. The Labute approximate surface area is 140 Å². The van der Waals surface area contributed by atoms with Crippen molar-refractivity contribution in [1.82, 2.24) is 0 Å². The number of benzene rings is 2. The number of para-hydroxylation sites is 1. The van der Waals surface area contributed by atoms with Crippen LogP contribution in [0.4, 0.5) is 17.1 Å². The molecule has 2 aromatic rings. The molecule has 1 aliphatic carbocycles. The van der Waals surface area contributed by atoms with E-state index in [9.17, 15) is 0 Å². The topological polar surface area (TPSA) is 24.1 Å². The lowest BCUT2D eigenvalue weighted by atomic mass is 9.76. The van der Waals surface area contributed by atoms with Crippen LogP contribution in [0.3, 0.4) is 0 Å². The lowest BCUT2D eigenvalue weighted by molar-refractivity contribution is 0.216. The molecule has 3 atom stereocenters. The summed E-state index contributed by atoms with van der Waals surface area (Å²) in [5, 5.41) is 7.03. The maximum Gasteiger partial charge on any atom is 0.0385 e. The maximum absolute atomic E-state index is 3.61. The molecule has 0 aromatic heterocycles. The fourth-order valence-electron chi connectivity index (χ4n) is 3.47. The Morgan fingerprint density at radius 2 is 1.43 bits per heavy atom. The normalized spacial score (nSPS) is 24.2. The molecule has 122 valence electrons. The fraction of sp³-hybridized carbons (Fsp3) is 0.429. The molecule has 0 aliphatic heterocycles. The van der Waals surface area contributed by atoms with Gasteiger partial charge in [0.1, 0.15) is 0 Å². The average molecular weight is 308 g/mol. The average Bonchev–Trinajstić information content (AvgIpc) is 2.58. The largest absolute Gasteiger partial charge is 0.385 e. The van der Waals surface area contributed by atoms with Gasteiger partial charge >= 0.3 is 0 Å². The van der Waals surface area contributed by atoms with E-state index < -0.39 is 0 Å². The minimum absolute atomic E-state index is 0.823. The Balaban J connectivity index is 1.50. The van der Waals surface area contributed by atoms with Crippen LogP contribution in [0.2, 0.25) is 0 Å². The van der Waals surface area contributed by atoms with E-state index in [-0.39, 0.29) is 0 Å². The van der Waals surface area contributed by atoms with Crippen LogP contribution in [0.5, 0.6) is 0 Å². The van der Waals surface area contributed by atoms with Gasteiger partial charge in [-0.3, -0.25) is 0 Å². The first-order valence-corrected chi connectivity index (χ1v) is 8.86. The molecule has 0 bridgehead atoms. The van der Waals surface area contributed by atoms with Crippen LogP contribution in [0, 0.1) is 17.8 Å². The van der Waals surface area contributed by atoms with E-state index >= 15 is 0 Å². The van der Waals surface area contributed by atoms with Crippen molar-refractivity contribution < 1.29 is 0 Å². The first-order valence-electron chi connectivity index (χ1n) is 8.86. The van der Waals surface area contributed by atoms with E-state index in [4.69, 9.17) is 0 Å². The first-order chi connectivity index (χ1) is 11.2. The molecule has 2 N–H and O–H groups in total. The standard InChI is InChI=1S/C21H28N2/c1-16-8-9-18(14-17(16)2)15-22-19-10-12-21(13-11-19)23-20-6-4-3-5-7-20/h3-7,10-13,16-18,22-23H,8-9,14-15H2,1-2H3. The molecule has 3 rings (SSSR count). The van der Waals surface area contributed by atoms with E-state index in [2.05, 4.69) is 60.9 Å². The van der Waals surface area contributed by atoms with Gasteiger partial charge in [-0.2, -0.15) is 0 Å². The van der Waals surface area contributed by atoms with Gasteiger partial charge in [0.2, 0.25) is 0 Å². The zero-order chi connectivity index (χ0) is 16.1. The SMILES string of the molecule is CC1CCC(CNc2ccc(Nc3ccccc3)cc2)CC1C. The van der Waals surface area contributed by atoms with E-state index in [0.29, 0.717) is 0 Å². The van der Waals surface area contributed by atoms with E-state index in [1.54, 1.807) is 0 Å². The summed E-state index contributed by atoms with van der Waals surface area (Å²) in [4.78, 5) is 0. The predicted molar refractivity (Wildman–Crippen MR) is 100 cm³/mol. The lowest BCUT2D eigenvalue weighted by Gasteiger charge is -2.32. The van der Waals surface area contributed by atoms with Crippen LogP contribution in [0.25, 0.3) is 0 Å². The van der Waals surface area contributed by atoms with Gasteiger partial charge in [-0.15, -0.1) is 0 Å². The molecule has 0 spiro atoms. The quantitative estimate of drug-likeness (QED) is 0.717. The molecule has 1 fully saturated rings. The number of hydrogen-bond donors (Lipinski definition) is 2. The molecule has 3 unspecified atom stereocenters. The Hall–Kier alpha value is -1.96. The summed E-state index contributed by atoms with van der Waals surface area (Å²) in [6, 6.07) is 18.9. The van der Waals surface area contributed by atoms with Gasteiger partial charge in [0.15, 0.2) is 0 Å². The van der Waals surface area contributed by atoms with Crippen LogP contribution in [-0.4, -0.2) is 6.54 Å².